The number of pyridine rings is 1. The minimum absolute atomic E-state index is 0.00993. The number of ether oxygens (including phenoxy) is 1. The summed E-state index contributed by atoms with van der Waals surface area (Å²) in [4.78, 5) is 37.0. The minimum Gasteiger partial charge on any atom is -0.376 e. The molecule has 3 aliphatic heterocycles. The number of halogens is 1. The standard InChI is InChI=1S/C19H24FN3O4/c20-14-3-4-15(21-11-14)10-18(24)22-12-13(9-17-16(22)5-8-26-17)19(25)23-6-1-2-7-27-23/h3-4,11,13,16-17H,1-2,5-10,12H2/t13-,16-,17-/m1/s1. The Morgan fingerprint density at radius 3 is 2.89 bits per heavy atom. The normalized spacial score (nSPS) is 28.1. The lowest BCUT2D eigenvalue weighted by Crippen LogP contribution is -2.56. The fourth-order valence-corrected chi connectivity index (χ4v) is 4.15. The summed E-state index contributed by atoms with van der Waals surface area (Å²) in [5.74, 6) is -0.929. The van der Waals surface area contributed by atoms with Gasteiger partial charge in [-0.1, -0.05) is 0 Å². The van der Waals surface area contributed by atoms with Gasteiger partial charge in [0.25, 0.3) is 5.91 Å². The predicted molar refractivity (Wildman–Crippen MR) is 92.8 cm³/mol. The van der Waals surface area contributed by atoms with Gasteiger partial charge in [0.05, 0.1) is 37.3 Å². The van der Waals surface area contributed by atoms with Crippen LogP contribution in [0.3, 0.4) is 0 Å². The molecule has 8 heteroatoms. The summed E-state index contributed by atoms with van der Waals surface area (Å²) in [7, 11) is 0. The molecule has 27 heavy (non-hydrogen) atoms. The quantitative estimate of drug-likeness (QED) is 0.795. The topological polar surface area (TPSA) is 72.0 Å². The summed E-state index contributed by atoms with van der Waals surface area (Å²) in [5, 5.41) is 1.45. The number of rotatable bonds is 3. The molecule has 7 nitrogen and oxygen atoms in total. The number of aromatic nitrogens is 1. The Labute approximate surface area is 157 Å². The van der Waals surface area contributed by atoms with Crippen LogP contribution < -0.4 is 0 Å². The largest absolute Gasteiger partial charge is 0.376 e. The van der Waals surface area contributed by atoms with Gasteiger partial charge in [-0.05, 0) is 37.8 Å². The predicted octanol–water partition coefficient (Wildman–Crippen LogP) is 1.32. The molecule has 4 rings (SSSR count). The number of amides is 2. The van der Waals surface area contributed by atoms with Gasteiger partial charge in [-0.2, -0.15) is 0 Å². The van der Waals surface area contributed by atoms with E-state index >= 15 is 0 Å². The molecule has 2 amide bonds. The van der Waals surface area contributed by atoms with Crippen molar-refractivity contribution in [2.24, 2.45) is 5.92 Å². The highest BCUT2D eigenvalue weighted by molar-refractivity contribution is 5.82. The molecular formula is C19H24FN3O4. The van der Waals surface area contributed by atoms with Crippen LogP contribution >= 0.6 is 0 Å². The second-order valence-electron chi connectivity index (χ2n) is 7.37. The molecule has 0 N–H and O–H groups in total. The van der Waals surface area contributed by atoms with Crippen molar-refractivity contribution in [2.45, 2.75) is 44.2 Å². The van der Waals surface area contributed by atoms with Crippen LogP contribution in [0.2, 0.25) is 0 Å². The number of hydroxylamine groups is 2. The monoisotopic (exact) mass is 377 g/mol. The van der Waals surface area contributed by atoms with E-state index in [0.29, 0.717) is 38.4 Å². The van der Waals surface area contributed by atoms with Gasteiger partial charge in [0.15, 0.2) is 0 Å². The Hall–Kier alpha value is -2.06. The van der Waals surface area contributed by atoms with Crippen molar-refractivity contribution < 1.29 is 23.6 Å². The Kier molecular flexibility index (Phi) is 5.36. The van der Waals surface area contributed by atoms with Gasteiger partial charge in [-0.15, -0.1) is 0 Å². The first-order valence-corrected chi connectivity index (χ1v) is 9.57. The summed E-state index contributed by atoms with van der Waals surface area (Å²) in [5.41, 5.74) is 0.518. The van der Waals surface area contributed by atoms with Crippen LogP contribution in [-0.4, -0.2) is 65.2 Å². The van der Waals surface area contributed by atoms with E-state index in [0.717, 1.165) is 25.5 Å². The Bertz CT molecular complexity index is 693. The van der Waals surface area contributed by atoms with Crippen molar-refractivity contribution in [1.82, 2.24) is 14.9 Å². The zero-order chi connectivity index (χ0) is 18.8. The highest BCUT2D eigenvalue weighted by Gasteiger charge is 2.45. The van der Waals surface area contributed by atoms with E-state index in [2.05, 4.69) is 4.98 Å². The van der Waals surface area contributed by atoms with Crippen molar-refractivity contribution >= 4 is 11.8 Å². The van der Waals surface area contributed by atoms with Gasteiger partial charge in [-0.25, -0.2) is 9.45 Å². The second-order valence-corrected chi connectivity index (χ2v) is 7.37. The molecule has 3 fully saturated rings. The third-order valence-corrected chi connectivity index (χ3v) is 5.55. The molecule has 3 atom stereocenters. The van der Waals surface area contributed by atoms with Crippen LogP contribution in [0.5, 0.6) is 0 Å². The molecule has 3 saturated heterocycles. The molecule has 1 aromatic rings. The first kappa shape index (κ1) is 18.3. The van der Waals surface area contributed by atoms with Crippen molar-refractivity contribution in [1.29, 1.82) is 0 Å². The van der Waals surface area contributed by atoms with Gasteiger partial charge in [0, 0.05) is 25.4 Å². The number of nitrogens with zero attached hydrogens (tertiary/aromatic N) is 3. The molecule has 0 aliphatic carbocycles. The van der Waals surface area contributed by atoms with E-state index in [1.54, 1.807) is 4.90 Å². The fourth-order valence-electron chi connectivity index (χ4n) is 4.15. The third-order valence-electron chi connectivity index (χ3n) is 5.55. The van der Waals surface area contributed by atoms with E-state index in [1.807, 2.05) is 0 Å². The molecular weight excluding hydrogens is 353 g/mol. The molecule has 4 heterocycles. The number of hydrogen-bond acceptors (Lipinski definition) is 5. The van der Waals surface area contributed by atoms with Crippen LogP contribution in [0, 0.1) is 11.7 Å². The van der Waals surface area contributed by atoms with E-state index < -0.39 is 5.82 Å². The lowest BCUT2D eigenvalue weighted by molar-refractivity contribution is -0.204. The Balaban J connectivity index is 1.47. The van der Waals surface area contributed by atoms with E-state index in [4.69, 9.17) is 9.57 Å². The molecule has 0 spiro atoms. The first-order chi connectivity index (χ1) is 13.1. The molecule has 1 aromatic heterocycles. The molecule has 146 valence electrons. The highest BCUT2D eigenvalue weighted by Crippen LogP contribution is 2.33. The van der Waals surface area contributed by atoms with Crippen LogP contribution in [0.4, 0.5) is 4.39 Å². The lowest BCUT2D eigenvalue weighted by Gasteiger charge is -2.41. The molecule has 0 bridgehead atoms. The maximum absolute atomic E-state index is 13.0. The van der Waals surface area contributed by atoms with E-state index in [-0.39, 0.29) is 36.3 Å². The number of hydrogen-bond donors (Lipinski definition) is 0. The van der Waals surface area contributed by atoms with Crippen molar-refractivity contribution in [3.63, 3.8) is 0 Å². The summed E-state index contributed by atoms with van der Waals surface area (Å²) in [6.45, 7) is 2.11. The second kappa shape index (κ2) is 7.90. The number of fused-ring (bicyclic) bond motifs is 1. The number of carbonyl (C=O) groups is 2. The maximum Gasteiger partial charge on any atom is 0.251 e. The lowest BCUT2D eigenvalue weighted by atomic mass is 9.89. The highest BCUT2D eigenvalue weighted by atomic mass is 19.1. The molecule has 0 radical (unpaired) electrons. The number of piperidine rings is 1. The first-order valence-electron chi connectivity index (χ1n) is 9.57. The van der Waals surface area contributed by atoms with E-state index in [1.165, 1.54) is 17.2 Å². The van der Waals surface area contributed by atoms with Gasteiger partial charge in [-0.3, -0.25) is 19.4 Å². The van der Waals surface area contributed by atoms with Gasteiger partial charge in [0.1, 0.15) is 5.82 Å². The number of likely N-dealkylation sites (tertiary alicyclic amines) is 1. The van der Waals surface area contributed by atoms with Gasteiger partial charge in [0.2, 0.25) is 5.91 Å². The van der Waals surface area contributed by atoms with Crippen molar-refractivity contribution in [2.75, 3.05) is 26.3 Å². The SMILES string of the molecule is O=C([C@@H]1C[C@H]2OCC[C@H]2N(C(=O)Cc2ccc(F)cn2)C1)N1CCCCO1. The minimum atomic E-state index is -0.430. The van der Waals surface area contributed by atoms with Crippen molar-refractivity contribution in [3.05, 3.63) is 29.8 Å². The van der Waals surface area contributed by atoms with Crippen molar-refractivity contribution in [3.8, 4) is 0 Å². The Morgan fingerprint density at radius 1 is 1.26 bits per heavy atom. The summed E-state index contributed by atoms with van der Waals surface area (Å²) in [6.07, 6.45) is 4.35. The summed E-state index contributed by atoms with van der Waals surface area (Å²) in [6, 6.07) is 2.81. The van der Waals surface area contributed by atoms with Crippen LogP contribution in [0.25, 0.3) is 0 Å². The molecule has 3 aliphatic rings. The van der Waals surface area contributed by atoms with Crippen LogP contribution in [0.15, 0.2) is 18.3 Å². The zero-order valence-electron chi connectivity index (χ0n) is 15.2. The average Bonchev–Trinajstić information content (AvgIpc) is 3.17. The van der Waals surface area contributed by atoms with Gasteiger partial charge >= 0.3 is 0 Å². The summed E-state index contributed by atoms with van der Waals surface area (Å²) >= 11 is 0. The van der Waals surface area contributed by atoms with E-state index in [9.17, 15) is 14.0 Å². The fraction of sp³-hybridized carbons (Fsp3) is 0.632. The summed E-state index contributed by atoms with van der Waals surface area (Å²) < 4.78 is 18.8. The molecule has 0 saturated carbocycles. The van der Waals surface area contributed by atoms with Crippen LogP contribution in [-0.2, 0) is 25.6 Å². The van der Waals surface area contributed by atoms with Crippen LogP contribution in [0.1, 0.15) is 31.4 Å². The third kappa shape index (κ3) is 3.96. The molecule has 0 unspecified atom stereocenters. The van der Waals surface area contributed by atoms with Gasteiger partial charge < -0.3 is 9.64 Å². The maximum atomic E-state index is 13.0. The number of carbonyl (C=O) groups excluding carboxylic acids is 2. The Morgan fingerprint density at radius 2 is 2.15 bits per heavy atom. The molecule has 0 aromatic carbocycles. The zero-order valence-corrected chi connectivity index (χ0v) is 15.2. The smallest absolute Gasteiger partial charge is 0.251 e. The average molecular weight is 377 g/mol.